The number of carbonyl (C=O) groups excluding carboxylic acids is 2. The monoisotopic (exact) mass is 251 g/mol. The Labute approximate surface area is 106 Å². The predicted octanol–water partition coefficient (Wildman–Crippen LogP) is 0.934. The van der Waals surface area contributed by atoms with Crippen LogP contribution in [-0.4, -0.2) is 48.9 Å². The minimum atomic E-state index is -0.541. The highest BCUT2D eigenvalue weighted by atomic mass is 16.6. The summed E-state index contributed by atoms with van der Waals surface area (Å²) in [6, 6.07) is 3.16. The summed E-state index contributed by atoms with van der Waals surface area (Å²) in [5.74, 6) is -0.0295. The van der Waals surface area contributed by atoms with Crippen molar-refractivity contribution in [1.29, 1.82) is 0 Å². The van der Waals surface area contributed by atoms with Crippen LogP contribution < -0.4 is 10.1 Å². The first kappa shape index (κ1) is 14.1. The van der Waals surface area contributed by atoms with Crippen LogP contribution in [0, 0.1) is 0 Å². The summed E-state index contributed by atoms with van der Waals surface area (Å²) >= 11 is 0. The topological polar surface area (TPSA) is 71.5 Å². The lowest BCUT2D eigenvalue weighted by atomic mass is 10.2. The molecule has 0 saturated heterocycles. The zero-order chi connectivity index (χ0) is 13.5. The van der Waals surface area contributed by atoms with Gasteiger partial charge in [0.2, 0.25) is 0 Å². The van der Waals surface area contributed by atoms with Crippen LogP contribution in [0.1, 0.15) is 17.4 Å². The number of nitrogens with one attached hydrogen (secondary N) is 1. The Morgan fingerprint density at radius 1 is 1.44 bits per heavy atom. The van der Waals surface area contributed by atoms with Gasteiger partial charge in [-0.25, -0.2) is 9.78 Å². The van der Waals surface area contributed by atoms with Crippen LogP contribution in [0.15, 0.2) is 18.3 Å². The zero-order valence-electron chi connectivity index (χ0n) is 10.8. The Morgan fingerprint density at radius 2 is 2.17 bits per heavy atom. The molecule has 18 heavy (non-hydrogen) atoms. The Hall–Kier alpha value is -1.95. The molecule has 1 amide bonds. The van der Waals surface area contributed by atoms with E-state index >= 15 is 0 Å². The maximum Gasteiger partial charge on any atom is 0.414 e. The largest absolute Gasteiger partial charge is 0.414 e. The molecule has 0 aliphatic carbocycles. The average Bonchev–Trinajstić information content (AvgIpc) is 2.36. The van der Waals surface area contributed by atoms with Crippen molar-refractivity contribution in [3.05, 3.63) is 24.0 Å². The smallest absolute Gasteiger partial charge is 0.408 e. The van der Waals surface area contributed by atoms with Crippen molar-refractivity contribution in [3.8, 4) is 5.75 Å². The lowest BCUT2D eigenvalue weighted by Gasteiger charge is -2.12. The molecule has 0 fully saturated rings. The summed E-state index contributed by atoms with van der Waals surface area (Å²) in [4.78, 5) is 28.5. The maximum absolute atomic E-state index is 11.8. The van der Waals surface area contributed by atoms with E-state index in [1.165, 1.54) is 11.1 Å². The highest BCUT2D eigenvalue weighted by molar-refractivity contribution is 5.98. The SMILES string of the molecule is CCNCC(=O)c1ncccc1OC(=O)N(C)C. The van der Waals surface area contributed by atoms with E-state index in [1.54, 1.807) is 26.2 Å². The van der Waals surface area contributed by atoms with E-state index in [4.69, 9.17) is 4.74 Å². The van der Waals surface area contributed by atoms with Crippen LogP contribution >= 0.6 is 0 Å². The van der Waals surface area contributed by atoms with E-state index < -0.39 is 6.09 Å². The van der Waals surface area contributed by atoms with Gasteiger partial charge < -0.3 is 15.0 Å². The second kappa shape index (κ2) is 6.70. The number of pyridine rings is 1. The number of ether oxygens (including phenoxy) is 1. The fraction of sp³-hybridized carbons (Fsp3) is 0.417. The Bertz CT molecular complexity index is 432. The predicted molar refractivity (Wildman–Crippen MR) is 66.8 cm³/mol. The number of hydrogen-bond donors (Lipinski definition) is 1. The summed E-state index contributed by atoms with van der Waals surface area (Å²) in [5.41, 5.74) is 0.161. The number of Topliss-reactive ketones (excluding diaryl/α,β-unsaturated/α-hetero) is 1. The number of hydrogen-bond acceptors (Lipinski definition) is 5. The normalized spacial score (nSPS) is 9.94. The van der Waals surface area contributed by atoms with Crippen molar-refractivity contribution in [2.75, 3.05) is 27.2 Å². The molecule has 0 aliphatic heterocycles. The molecule has 1 aromatic heterocycles. The number of likely N-dealkylation sites (N-methyl/N-ethyl adjacent to an activating group) is 1. The molecule has 6 heteroatoms. The zero-order valence-corrected chi connectivity index (χ0v) is 10.8. The summed E-state index contributed by atoms with van der Waals surface area (Å²) in [6.07, 6.45) is 0.951. The fourth-order valence-electron chi connectivity index (χ4n) is 1.19. The summed E-state index contributed by atoms with van der Waals surface area (Å²) in [6.45, 7) is 2.75. The molecular formula is C12H17N3O3. The van der Waals surface area contributed by atoms with Crippen LogP contribution in [0.2, 0.25) is 0 Å². The first-order chi connectivity index (χ1) is 8.56. The Morgan fingerprint density at radius 3 is 2.78 bits per heavy atom. The molecule has 1 N–H and O–H groups in total. The van der Waals surface area contributed by atoms with Gasteiger partial charge in [-0.05, 0) is 18.7 Å². The van der Waals surface area contributed by atoms with E-state index in [1.807, 2.05) is 6.92 Å². The number of amides is 1. The first-order valence-corrected chi connectivity index (χ1v) is 5.64. The van der Waals surface area contributed by atoms with Crippen molar-refractivity contribution < 1.29 is 14.3 Å². The molecule has 0 spiro atoms. The number of carbonyl (C=O) groups is 2. The average molecular weight is 251 g/mol. The number of rotatable bonds is 5. The van der Waals surface area contributed by atoms with Gasteiger partial charge in [-0.1, -0.05) is 6.92 Å². The third-order valence-electron chi connectivity index (χ3n) is 2.13. The summed E-state index contributed by atoms with van der Waals surface area (Å²) in [5, 5.41) is 2.91. The standard InChI is InChI=1S/C12H17N3O3/c1-4-13-8-9(16)11-10(6-5-7-14-11)18-12(17)15(2)3/h5-7,13H,4,8H2,1-3H3. The fourth-order valence-corrected chi connectivity index (χ4v) is 1.19. The maximum atomic E-state index is 11.8. The van der Waals surface area contributed by atoms with Gasteiger partial charge in [0, 0.05) is 20.3 Å². The molecular weight excluding hydrogens is 234 g/mol. The van der Waals surface area contributed by atoms with Crippen molar-refractivity contribution in [2.45, 2.75) is 6.92 Å². The Kier molecular flexibility index (Phi) is 5.26. The Balaban J connectivity index is 2.85. The van der Waals surface area contributed by atoms with Crippen molar-refractivity contribution in [3.63, 3.8) is 0 Å². The van der Waals surface area contributed by atoms with Crippen LogP contribution in [0.3, 0.4) is 0 Å². The summed E-state index contributed by atoms with van der Waals surface area (Å²) in [7, 11) is 3.14. The molecule has 1 rings (SSSR count). The van der Waals surface area contributed by atoms with Gasteiger partial charge >= 0.3 is 6.09 Å². The van der Waals surface area contributed by atoms with E-state index in [0.29, 0.717) is 6.54 Å². The van der Waals surface area contributed by atoms with Crippen molar-refractivity contribution in [1.82, 2.24) is 15.2 Å². The quantitative estimate of drug-likeness (QED) is 0.788. The number of aromatic nitrogens is 1. The molecule has 1 heterocycles. The van der Waals surface area contributed by atoms with E-state index in [0.717, 1.165) is 0 Å². The van der Waals surface area contributed by atoms with E-state index in [-0.39, 0.29) is 23.8 Å². The van der Waals surface area contributed by atoms with Gasteiger partial charge in [-0.2, -0.15) is 0 Å². The number of nitrogens with zero attached hydrogens (tertiary/aromatic N) is 2. The van der Waals surface area contributed by atoms with E-state index in [2.05, 4.69) is 10.3 Å². The highest BCUT2D eigenvalue weighted by Crippen LogP contribution is 2.16. The van der Waals surface area contributed by atoms with Gasteiger partial charge in [0.25, 0.3) is 0 Å². The molecule has 0 radical (unpaired) electrons. The molecule has 6 nitrogen and oxygen atoms in total. The van der Waals surface area contributed by atoms with Gasteiger partial charge in [-0.3, -0.25) is 4.79 Å². The first-order valence-electron chi connectivity index (χ1n) is 5.64. The molecule has 0 atom stereocenters. The minimum Gasteiger partial charge on any atom is -0.408 e. The van der Waals surface area contributed by atoms with Gasteiger partial charge in [-0.15, -0.1) is 0 Å². The van der Waals surface area contributed by atoms with Gasteiger partial charge in [0.15, 0.2) is 17.2 Å². The van der Waals surface area contributed by atoms with Crippen molar-refractivity contribution in [2.24, 2.45) is 0 Å². The lowest BCUT2D eigenvalue weighted by Crippen LogP contribution is -2.27. The number of ketones is 1. The van der Waals surface area contributed by atoms with E-state index in [9.17, 15) is 9.59 Å². The molecule has 0 unspecified atom stereocenters. The molecule has 0 bridgehead atoms. The molecule has 0 aliphatic rings. The van der Waals surface area contributed by atoms with Gasteiger partial charge in [0.1, 0.15) is 0 Å². The third kappa shape index (κ3) is 3.81. The highest BCUT2D eigenvalue weighted by Gasteiger charge is 2.16. The minimum absolute atomic E-state index is 0.161. The summed E-state index contributed by atoms with van der Waals surface area (Å²) < 4.78 is 5.08. The van der Waals surface area contributed by atoms with Crippen LogP contribution in [0.4, 0.5) is 4.79 Å². The van der Waals surface area contributed by atoms with Crippen LogP contribution in [0.25, 0.3) is 0 Å². The molecule has 0 saturated carbocycles. The molecule has 98 valence electrons. The third-order valence-corrected chi connectivity index (χ3v) is 2.13. The van der Waals surface area contributed by atoms with Crippen LogP contribution in [0.5, 0.6) is 5.75 Å². The van der Waals surface area contributed by atoms with Crippen LogP contribution in [-0.2, 0) is 0 Å². The molecule has 1 aromatic rings. The second-order valence-corrected chi connectivity index (χ2v) is 3.82. The van der Waals surface area contributed by atoms with Crippen molar-refractivity contribution >= 4 is 11.9 Å². The lowest BCUT2D eigenvalue weighted by molar-refractivity contribution is 0.0983. The van der Waals surface area contributed by atoms with Gasteiger partial charge in [0.05, 0.1) is 6.54 Å². The molecule has 0 aromatic carbocycles. The second-order valence-electron chi connectivity index (χ2n) is 3.82.